The summed E-state index contributed by atoms with van der Waals surface area (Å²) in [6.07, 6.45) is -0.885. The molecule has 0 saturated carbocycles. The third-order valence-corrected chi connectivity index (χ3v) is 2.16. The minimum absolute atomic E-state index is 0.0502. The van der Waals surface area contributed by atoms with E-state index in [0.29, 0.717) is 5.75 Å². The van der Waals surface area contributed by atoms with Gasteiger partial charge in [0.1, 0.15) is 0 Å². The van der Waals surface area contributed by atoms with Gasteiger partial charge in [-0.1, -0.05) is 0 Å². The molecule has 0 aromatic carbocycles. The lowest BCUT2D eigenvalue weighted by Crippen LogP contribution is -2.50. The maximum Gasteiger partial charge on any atom is 0.407 e. The zero-order valence-corrected chi connectivity index (χ0v) is 8.93. The highest BCUT2D eigenvalue weighted by Gasteiger charge is 2.29. The van der Waals surface area contributed by atoms with Gasteiger partial charge in [0, 0.05) is 17.3 Å². The van der Waals surface area contributed by atoms with Gasteiger partial charge >= 0.3 is 6.09 Å². The Labute approximate surface area is 79.2 Å². The Morgan fingerprint density at radius 3 is 2.08 bits per heavy atom. The van der Waals surface area contributed by atoms with E-state index >= 15 is 0 Å². The predicted molar refractivity (Wildman–Crippen MR) is 52.9 cm³/mol. The van der Waals surface area contributed by atoms with Crippen molar-refractivity contribution in [3.63, 3.8) is 0 Å². The summed E-state index contributed by atoms with van der Waals surface area (Å²) in [5.74, 6) is 0.545. The smallest absolute Gasteiger partial charge is 0.407 e. The number of thiol groups is 1. The Balaban J connectivity index is 4.56. The first-order valence-electron chi connectivity index (χ1n) is 3.93. The second-order valence-electron chi connectivity index (χ2n) is 3.85. The Hall–Kier alpha value is -0.380. The minimum atomic E-state index is -0.885. The van der Waals surface area contributed by atoms with Gasteiger partial charge in [0.05, 0.1) is 0 Å². The molecular weight excluding hydrogens is 174 g/mol. The van der Waals surface area contributed by atoms with Crippen molar-refractivity contribution < 1.29 is 9.90 Å². The molecular formula is C8H17NO2S. The van der Waals surface area contributed by atoms with Crippen LogP contribution in [0.4, 0.5) is 4.79 Å². The van der Waals surface area contributed by atoms with Crippen LogP contribution in [-0.4, -0.2) is 33.4 Å². The largest absolute Gasteiger partial charge is 0.465 e. The first kappa shape index (κ1) is 11.6. The van der Waals surface area contributed by atoms with Crippen LogP contribution in [-0.2, 0) is 0 Å². The summed E-state index contributed by atoms with van der Waals surface area (Å²) < 4.78 is 0. The fourth-order valence-corrected chi connectivity index (χ4v) is 1.38. The molecule has 0 aliphatic heterocycles. The number of carboxylic acid groups (broad SMARTS) is 1. The number of rotatable bonds is 2. The van der Waals surface area contributed by atoms with E-state index in [1.165, 1.54) is 4.90 Å². The quantitative estimate of drug-likeness (QED) is 0.656. The van der Waals surface area contributed by atoms with Gasteiger partial charge in [0.15, 0.2) is 0 Å². The van der Waals surface area contributed by atoms with Crippen molar-refractivity contribution in [2.75, 3.05) is 5.75 Å². The molecule has 0 aromatic heterocycles. The molecule has 4 heteroatoms. The summed E-state index contributed by atoms with van der Waals surface area (Å²) in [7, 11) is 0. The molecule has 0 spiro atoms. The van der Waals surface area contributed by atoms with Crippen LogP contribution in [0.5, 0.6) is 0 Å². The van der Waals surface area contributed by atoms with Crippen LogP contribution in [0.2, 0.25) is 0 Å². The van der Waals surface area contributed by atoms with Crippen LogP contribution >= 0.6 is 12.6 Å². The maximum absolute atomic E-state index is 10.8. The molecule has 1 N–H and O–H groups in total. The van der Waals surface area contributed by atoms with Crippen molar-refractivity contribution in [2.45, 2.75) is 39.3 Å². The van der Waals surface area contributed by atoms with Crippen LogP contribution in [0.1, 0.15) is 27.7 Å². The first-order valence-corrected chi connectivity index (χ1v) is 4.57. The summed E-state index contributed by atoms with van der Waals surface area (Å²) in [5, 5.41) is 8.90. The standard InChI is InChI=1S/C8H17NO2S/c1-6(5-12)9(7(10)11)8(2,3)4/h6,12H,5H2,1-4H3,(H,10,11)/t6-/m1/s1. The van der Waals surface area contributed by atoms with E-state index in [1.807, 2.05) is 27.7 Å². The first-order chi connectivity index (χ1) is 5.30. The van der Waals surface area contributed by atoms with Crippen LogP contribution < -0.4 is 0 Å². The van der Waals surface area contributed by atoms with Gasteiger partial charge in [-0.3, -0.25) is 0 Å². The van der Waals surface area contributed by atoms with E-state index in [0.717, 1.165) is 0 Å². The van der Waals surface area contributed by atoms with Crippen molar-refractivity contribution in [3.05, 3.63) is 0 Å². The zero-order chi connectivity index (χ0) is 9.94. The molecule has 12 heavy (non-hydrogen) atoms. The Bertz CT molecular complexity index is 165. The van der Waals surface area contributed by atoms with Gasteiger partial charge in [-0.15, -0.1) is 0 Å². The molecule has 0 aromatic rings. The van der Waals surface area contributed by atoms with Crippen LogP contribution in [0, 0.1) is 0 Å². The van der Waals surface area contributed by atoms with Gasteiger partial charge in [0.2, 0.25) is 0 Å². The van der Waals surface area contributed by atoms with Gasteiger partial charge in [-0.05, 0) is 27.7 Å². The number of nitrogens with zero attached hydrogens (tertiary/aromatic N) is 1. The zero-order valence-electron chi connectivity index (χ0n) is 8.03. The number of hydrogen-bond donors (Lipinski definition) is 2. The second kappa shape index (κ2) is 4.03. The molecule has 1 atom stereocenters. The van der Waals surface area contributed by atoms with Crippen molar-refractivity contribution in [2.24, 2.45) is 0 Å². The fraction of sp³-hybridized carbons (Fsp3) is 0.875. The van der Waals surface area contributed by atoms with E-state index < -0.39 is 6.09 Å². The van der Waals surface area contributed by atoms with Crippen LogP contribution in [0.25, 0.3) is 0 Å². The van der Waals surface area contributed by atoms with Crippen molar-refractivity contribution in [3.8, 4) is 0 Å². The van der Waals surface area contributed by atoms with E-state index in [1.54, 1.807) is 0 Å². The number of hydrogen-bond acceptors (Lipinski definition) is 2. The fourth-order valence-electron chi connectivity index (χ4n) is 1.22. The average molecular weight is 191 g/mol. The SMILES string of the molecule is C[C@H](CS)N(C(=O)O)C(C)(C)C. The molecule has 0 aliphatic rings. The maximum atomic E-state index is 10.8. The lowest BCUT2D eigenvalue weighted by atomic mass is 10.0. The van der Waals surface area contributed by atoms with Crippen molar-refractivity contribution >= 4 is 18.7 Å². The molecule has 0 bridgehead atoms. The molecule has 0 heterocycles. The monoisotopic (exact) mass is 191 g/mol. The number of carbonyl (C=O) groups is 1. The summed E-state index contributed by atoms with van der Waals surface area (Å²) in [5.41, 5.74) is -0.353. The van der Waals surface area contributed by atoms with Gasteiger partial charge in [-0.2, -0.15) is 12.6 Å². The van der Waals surface area contributed by atoms with Crippen molar-refractivity contribution in [1.29, 1.82) is 0 Å². The third-order valence-electron chi connectivity index (χ3n) is 1.63. The molecule has 0 aliphatic carbocycles. The van der Waals surface area contributed by atoms with E-state index in [9.17, 15) is 4.79 Å². The lowest BCUT2D eigenvalue weighted by molar-refractivity contribution is 0.0820. The Kier molecular flexibility index (Phi) is 3.90. The minimum Gasteiger partial charge on any atom is -0.465 e. The normalized spacial score (nSPS) is 14.1. The predicted octanol–water partition coefficient (Wildman–Crippen LogP) is 2.08. The van der Waals surface area contributed by atoms with Gasteiger partial charge in [0.25, 0.3) is 0 Å². The summed E-state index contributed by atoms with van der Waals surface area (Å²) >= 11 is 4.08. The molecule has 0 unspecified atom stereocenters. The highest BCUT2D eigenvalue weighted by molar-refractivity contribution is 7.80. The van der Waals surface area contributed by atoms with Crippen LogP contribution in [0.3, 0.4) is 0 Å². The molecule has 3 nitrogen and oxygen atoms in total. The molecule has 1 amide bonds. The molecule has 0 radical (unpaired) electrons. The number of amides is 1. The summed E-state index contributed by atoms with van der Waals surface area (Å²) in [4.78, 5) is 12.3. The molecule has 72 valence electrons. The Morgan fingerprint density at radius 2 is 2.00 bits per heavy atom. The van der Waals surface area contributed by atoms with E-state index in [2.05, 4.69) is 12.6 Å². The van der Waals surface area contributed by atoms with E-state index in [-0.39, 0.29) is 11.6 Å². The average Bonchev–Trinajstić information content (AvgIpc) is 1.83. The molecule has 0 rings (SSSR count). The highest BCUT2D eigenvalue weighted by Crippen LogP contribution is 2.17. The summed E-state index contributed by atoms with van der Waals surface area (Å²) in [6.45, 7) is 7.48. The second-order valence-corrected chi connectivity index (χ2v) is 4.22. The summed E-state index contributed by atoms with van der Waals surface area (Å²) in [6, 6.07) is -0.0502. The third kappa shape index (κ3) is 2.93. The van der Waals surface area contributed by atoms with Crippen LogP contribution in [0.15, 0.2) is 0 Å². The van der Waals surface area contributed by atoms with Crippen molar-refractivity contribution in [1.82, 2.24) is 4.90 Å². The van der Waals surface area contributed by atoms with E-state index in [4.69, 9.17) is 5.11 Å². The topological polar surface area (TPSA) is 40.5 Å². The highest BCUT2D eigenvalue weighted by atomic mass is 32.1. The van der Waals surface area contributed by atoms with Gasteiger partial charge < -0.3 is 10.0 Å². The Morgan fingerprint density at radius 1 is 1.58 bits per heavy atom. The molecule has 0 fully saturated rings. The van der Waals surface area contributed by atoms with Gasteiger partial charge in [-0.25, -0.2) is 4.79 Å². The lowest BCUT2D eigenvalue weighted by Gasteiger charge is -2.37. The molecule has 0 saturated heterocycles.